The quantitative estimate of drug-likeness (QED) is 0.704. The molecule has 0 aromatic heterocycles. The Kier molecular flexibility index (Phi) is 2.06. The molecule has 1 aliphatic heterocycles. The Balaban J connectivity index is 2.14. The fourth-order valence-electron chi connectivity index (χ4n) is 2.71. The topological polar surface area (TPSA) is 20.2 Å². The molecule has 0 saturated heterocycles. The first-order valence-corrected chi connectivity index (χ1v) is 6.26. The lowest BCUT2D eigenvalue weighted by Crippen LogP contribution is -2.25. The molecule has 1 aromatic carbocycles. The Morgan fingerprint density at radius 2 is 2.29 bits per heavy atom. The van der Waals surface area contributed by atoms with Crippen molar-refractivity contribution >= 4 is 11.8 Å². The van der Waals surface area contributed by atoms with Crippen molar-refractivity contribution < 1.29 is 5.11 Å². The van der Waals surface area contributed by atoms with Gasteiger partial charge in [0, 0.05) is 4.90 Å². The van der Waals surface area contributed by atoms with E-state index in [1.807, 2.05) is 11.8 Å². The summed E-state index contributed by atoms with van der Waals surface area (Å²) in [4.78, 5) is 1.46. The molecule has 1 aromatic rings. The standard InChI is InChI=1S/C12H14OS/c13-10-6-8-2-1-3-11-12(8)9(7-10)4-5-14-11/h1-3,9-10,13H,4-7H2. The van der Waals surface area contributed by atoms with Gasteiger partial charge in [0.1, 0.15) is 0 Å². The van der Waals surface area contributed by atoms with Gasteiger partial charge < -0.3 is 5.11 Å². The summed E-state index contributed by atoms with van der Waals surface area (Å²) in [6.45, 7) is 0. The lowest BCUT2D eigenvalue weighted by molar-refractivity contribution is 0.144. The number of aliphatic hydroxyl groups excluding tert-OH is 1. The molecule has 1 heterocycles. The molecular weight excluding hydrogens is 192 g/mol. The smallest absolute Gasteiger partial charge is 0.0586 e. The summed E-state index contributed by atoms with van der Waals surface area (Å²) in [5.41, 5.74) is 2.94. The number of hydrogen-bond acceptors (Lipinski definition) is 2. The number of rotatable bonds is 0. The van der Waals surface area contributed by atoms with Gasteiger partial charge in [-0.3, -0.25) is 0 Å². The molecule has 14 heavy (non-hydrogen) atoms. The molecule has 2 atom stereocenters. The van der Waals surface area contributed by atoms with Crippen LogP contribution in [0.3, 0.4) is 0 Å². The Hall–Kier alpha value is -0.470. The molecule has 74 valence electrons. The minimum atomic E-state index is -0.106. The van der Waals surface area contributed by atoms with Crippen LogP contribution in [-0.4, -0.2) is 17.0 Å². The van der Waals surface area contributed by atoms with E-state index in [1.54, 1.807) is 5.56 Å². The summed E-state index contributed by atoms with van der Waals surface area (Å²) < 4.78 is 0. The zero-order chi connectivity index (χ0) is 9.54. The van der Waals surface area contributed by atoms with E-state index < -0.39 is 0 Å². The lowest BCUT2D eigenvalue weighted by Gasteiger charge is -2.33. The van der Waals surface area contributed by atoms with Crippen molar-refractivity contribution in [1.29, 1.82) is 0 Å². The third-order valence-corrected chi connectivity index (χ3v) is 4.41. The Morgan fingerprint density at radius 3 is 3.21 bits per heavy atom. The summed E-state index contributed by atoms with van der Waals surface area (Å²) >= 11 is 1.98. The predicted molar refractivity (Wildman–Crippen MR) is 58.9 cm³/mol. The van der Waals surface area contributed by atoms with Gasteiger partial charge in [-0.15, -0.1) is 11.8 Å². The number of benzene rings is 1. The molecule has 0 spiro atoms. The van der Waals surface area contributed by atoms with Crippen LogP contribution in [0, 0.1) is 0 Å². The van der Waals surface area contributed by atoms with Gasteiger partial charge in [0.25, 0.3) is 0 Å². The van der Waals surface area contributed by atoms with Crippen molar-refractivity contribution in [2.75, 3.05) is 5.75 Å². The molecule has 0 saturated carbocycles. The molecule has 2 unspecified atom stereocenters. The van der Waals surface area contributed by atoms with Crippen molar-refractivity contribution in [1.82, 2.24) is 0 Å². The van der Waals surface area contributed by atoms with E-state index in [0.29, 0.717) is 5.92 Å². The van der Waals surface area contributed by atoms with Crippen LogP contribution in [0.5, 0.6) is 0 Å². The lowest BCUT2D eigenvalue weighted by atomic mass is 9.80. The fourth-order valence-corrected chi connectivity index (χ4v) is 3.96. The molecule has 3 rings (SSSR count). The van der Waals surface area contributed by atoms with E-state index in [-0.39, 0.29) is 6.10 Å². The number of thioether (sulfide) groups is 1. The maximum Gasteiger partial charge on any atom is 0.0586 e. The highest BCUT2D eigenvalue weighted by atomic mass is 32.2. The average Bonchev–Trinajstić information content (AvgIpc) is 2.18. The van der Waals surface area contributed by atoms with E-state index in [2.05, 4.69) is 18.2 Å². The molecule has 0 radical (unpaired) electrons. The van der Waals surface area contributed by atoms with Crippen molar-refractivity contribution in [3.63, 3.8) is 0 Å². The largest absolute Gasteiger partial charge is 0.393 e. The van der Waals surface area contributed by atoms with Gasteiger partial charge in [0.15, 0.2) is 0 Å². The molecule has 0 amide bonds. The first kappa shape index (κ1) is 8.81. The van der Waals surface area contributed by atoms with Gasteiger partial charge in [-0.25, -0.2) is 0 Å². The normalized spacial score (nSPS) is 29.8. The second-order valence-corrected chi connectivity index (χ2v) is 5.39. The summed E-state index contributed by atoms with van der Waals surface area (Å²) in [5.74, 6) is 1.85. The second kappa shape index (κ2) is 3.28. The molecule has 2 heteroatoms. The second-order valence-electron chi connectivity index (χ2n) is 4.26. The summed E-state index contributed by atoms with van der Waals surface area (Å²) in [5, 5.41) is 9.77. The van der Waals surface area contributed by atoms with E-state index in [0.717, 1.165) is 12.8 Å². The van der Waals surface area contributed by atoms with Crippen LogP contribution in [0.25, 0.3) is 0 Å². The maximum absolute atomic E-state index is 9.77. The minimum Gasteiger partial charge on any atom is -0.393 e. The third kappa shape index (κ3) is 1.29. The zero-order valence-corrected chi connectivity index (χ0v) is 8.89. The molecule has 1 N–H and O–H groups in total. The molecule has 0 fully saturated rings. The van der Waals surface area contributed by atoms with Crippen molar-refractivity contribution in [2.24, 2.45) is 0 Å². The van der Waals surface area contributed by atoms with E-state index in [9.17, 15) is 5.11 Å². The third-order valence-electron chi connectivity index (χ3n) is 3.30. The average molecular weight is 206 g/mol. The van der Waals surface area contributed by atoms with Crippen LogP contribution in [0.4, 0.5) is 0 Å². The van der Waals surface area contributed by atoms with Gasteiger partial charge in [-0.05, 0) is 48.1 Å². The predicted octanol–water partition coefficient (Wildman–Crippen LogP) is 2.57. The molecule has 1 nitrogen and oxygen atoms in total. The summed E-state index contributed by atoms with van der Waals surface area (Å²) in [6, 6.07) is 6.54. The van der Waals surface area contributed by atoms with E-state index in [1.165, 1.54) is 22.6 Å². The minimum absolute atomic E-state index is 0.106. The van der Waals surface area contributed by atoms with Crippen LogP contribution in [0.15, 0.2) is 23.1 Å². The fraction of sp³-hybridized carbons (Fsp3) is 0.500. The van der Waals surface area contributed by atoms with Crippen LogP contribution in [-0.2, 0) is 6.42 Å². The van der Waals surface area contributed by atoms with Gasteiger partial charge >= 0.3 is 0 Å². The highest BCUT2D eigenvalue weighted by Crippen LogP contribution is 2.44. The SMILES string of the molecule is OC1Cc2cccc3c2C(CCS3)C1. The summed E-state index contributed by atoms with van der Waals surface area (Å²) in [7, 11) is 0. The molecular formula is C12H14OS. The first-order valence-electron chi connectivity index (χ1n) is 5.27. The maximum atomic E-state index is 9.77. The molecule has 2 aliphatic rings. The molecule has 0 bridgehead atoms. The van der Waals surface area contributed by atoms with Crippen LogP contribution >= 0.6 is 11.8 Å². The zero-order valence-electron chi connectivity index (χ0n) is 8.07. The highest BCUT2D eigenvalue weighted by Gasteiger charge is 2.30. The van der Waals surface area contributed by atoms with Crippen molar-refractivity contribution in [3.05, 3.63) is 29.3 Å². The van der Waals surface area contributed by atoms with Crippen LogP contribution in [0.2, 0.25) is 0 Å². The first-order chi connectivity index (χ1) is 6.84. The van der Waals surface area contributed by atoms with Crippen LogP contribution in [0.1, 0.15) is 29.9 Å². The Labute approximate surface area is 88.5 Å². The van der Waals surface area contributed by atoms with Crippen molar-refractivity contribution in [2.45, 2.75) is 36.2 Å². The van der Waals surface area contributed by atoms with E-state index >= 15 is 0 Å². The van der Waals surface area contributed by atoms with Gasteiger partial charge in [-0.2, -0.15) is 0 Å². The van der Waals surface area contributed by atoms with Gasteiger partial charge in [0.2, 0.25) is 0 Å². The molecule has 1 aliphatic carbocycles. The Bertz CT molecular complexity index is 361. The highest BCUT2D eigenvalue weighted by molar-refractivity contribution is 7.99. The van der Waals surface area contributed by atoms with Crippen molar-refractivity contribution in [3.8, 4) is 0 Å². The van der Waals surface area contributed by atoms with Gasteiger partial charge in [0.05, 0.1) is 6.10 Å². The number of hydrogen-bond donors (Lipinski definition) is 1. The monoisotopic (exact) mass is 206 g/mol. The summed E-state index contributed by atoms with van der Waals surface area (Å²) in [6.07, 6.45) is 2.97. The van der Waals surface area contributed by atoms with Crippen LogP contribution < -0.4 is 0 Å². The number of aliphatic hydroxyl groups is 1. The Morgan fingerprint density at radius 1 is 1.36 bits per heavy atom. The van der Waals surface area contributed by atoms with Gasteiger partial charge in [-0.1, -0.05) is 12.1 Å². The van der Waals surface area contributed by atoms with E-state index in [4.69, 9.17) is 0 Å².